The molecule has 148 valence electrons. The van der Waals surface area contributed by atoms with Gasteiger partial charge in [0.15, 0.2) is 0 Å². The predicted molar refractivity (Wildman–Crippen MR) is 113 cm³/mol. The van der Waals surface area contributed by atoms with Gasteiger partial charge in [0.25, 0.3) is 0 Å². The van der Waals surface area contributed by atoms with Crippen molar-refractivity contribution in [2.45, 2.75) is 62.0 Å². The summed E-state index contributed by atoms with van der Waals surface area (Å²) in [5, 5.41) is 4.23. The highest BCUT2D eigenvalue weighted by atomic mass is 32.2. The summed E-state index contributed by atoms with van der Waals surface area (Å²) < 4.78 is 0. The summed E-state index contributed by atoms with van der Waals surface area (Å²) in [5.41, 5.74) is 1.01. The number of allylic oxidation sites excluding steroid dienone is 3. The van der Waals surface area contributed by atoms with E-state index in [1.54, 1.807) is 11.8 Å². The van der Waals surface area contributed by atoms with E-state index in [4.69, 9.17) is 4.84 Å². The Morgan fingerprint density at radius 1 is 1.14 bits per heavy atom. The summed E-state index contributed by atoms with van der Waals surface area (Å²) >= 11 is 1.79. The Balaban J connectivity index is 1.64. The van der Waals surface area contributed by atoms with Crippen molar-refractivity contribution in [2.24, 2.45) is 11.1 Å². The van der Waals surface area contributed by atoms with Gasteiger partial charge >= 0.3 is 5.97 Å². The SMILES string of the molecule is CC(=O)O/N=C(/CC1CCCCC1)C(=O)C1=CCC(Sc2ccccc2)C=C1. The molecule has 0 aliphatic heterocycles. The van der Waals surface area contributed by atoms with Crippen molar-refractivity contribution >= 4 is 29.2 Å². The smallest absolute Gasteiger partial charge is 0.318 e. The van der Waals surface area contributed by atoms with Crippen LogP contribution in [0, 0.1) is 5.92 Å². The normalized spacial score (nSPS) is 20.5. The largest absolute Gasteiger partial charge is 0.331 e. The Morgan fingerprint density at radius 3 is 2.54 bits per heavy atom. The van der Waals surface area contributed by atoms with Gasteiger partial charge in [0.2, 0.25) is 5.78 Å². The van der Waals surface area contributed by atoms with Crippen LogP contribution in [0.2, 0.25) is 0 Å². The molecule has 0 bridgehead atoms. The standard InChI is InChI=1S/C23H27NO3S/c1-17(25)27-24-22(16-18-8-4-2-5-9-18)23(26)19-12-14-21(15-13-19)28-20-10-6-3-7-11-20/h3,6-7,10-14,18,21H,2,4-5,8-9,15-16H2,1H3/b24-22-. The number of benzene rings is 1. The second-order valence-electron chi connectivity index (χ2n) is 7.38. The molecular weight excluding hydrogens is 370 g/mol. The molecule has 3 rings (SSSR count). The van der Waals surface area contributed by atoms with E-state index >= 15 is 0 Å². The average molecular weight is 398 g/mol. The number of hydrogen-bond donors (Lipinski definition) is 0. The second kappa shape index (κ2) is 10.4. The van der Waals surface area contributed by atoms with E-state index in [2.05, 4.69) is 23.4 Å². The predicted octanol–water partition coefficient (Wildman–Crippen LogP) is 5.49. The van der Waals surface area contributed by atoms with Crippen molar-refractivity contribution in [3.8, 4) is 0 Å². The average Bonchev–Trinajstić information content (AvgIpc) is 2.72. The molecule has 1 atom stereocenters. The topological polar surface area (TPSA) is 55.7 Å². The minimum absolute atomic E-state index is 0.119. The fourth-order valence-electron chi connectivity index (χ4n) is 3.65. The third kappa shape index (κ3) is 6.20. The van der Waals surface area contributed by atoms with E-state index in [1.165, 1.54) is 31.1 Å². The lowest BCUT2D eigenvalue weighted by atomic mass is 9.84. The number of thioether (sulfide) groups is 1. The summed E-state index contributed by atoms with van der Waals surface area (Å²) in [4.78, 5) is 30.2. The quantitative estimate of drug-likeness (QED) is 0.347. The van der Waals surface area contributed by atoms with Crippen molar-refractivity contribution in [2.75, 3.05) is 0 Å². The third-order valence-electron chi connectivity index (χ3n) is 5.11. The van der Waals surface area contributed by atoms with Crippen LogP contribution >= 0.6 is 11.8 Å². The van der Waals surface area contributed by atoms with Crippen molar-refractivity contribution in [1.82, 2.24) is 0 Å². The van der Waals surface area contributed by atoms with Crippen LogP contribution in [0.4, 0.5) is 0 Å². The second-order valence-corrected chi connectivity index (χ2v) is 8.69. The molecule has 0 heterocycles. The van der Waals surface area contributed by atoms with Gasteiger partial charge < -0.3 is 4.84 Å². The molecule has 1 aromatic carbocycles. The van der Waals surface area contributed by atoms with Crippen molar-refractivity contribution in [3.63, 3.8) is 0 Å². The van der Waals surface area contributed by atoms with Crippen LogP contribution in [0.1, 0.15) is 51.9 Å². The van der Waals surface area contributed by atoms with Crippen molar-refractivity contribution in [1.29, 1.82) is 0 Å². The molecule has 0 amide bonds. The van der Waals surface area contributed by atoms with E-state index in [-0.39, 0.29) is 5.78 Å². The molecular formula is C23H27NO3S. The number of nitrogens with zero attached hydrogens (tertiary/aromatic N) is 1. The fourth-order valence-corrected chi connectivity index (χ4v) is 4.67. The summed E-state index contributed by atoms with van der Waals surface area (Å²) in [6.07, 6.45) is 13.2. The molecule has 1 aromatic rings. The van der Waals surface area contributed by atoms with Gasteiger partial charge in [0, 0.05) is 22.6 Å². The lowest BCUT2D eigenvalue weighted by Crippen LogP contribution is -2.22. The number of hydrogen-bond acceptors (Lipinski definition) is 5. The number of ketones is 1. The zero-order valence-electron chi connectivity index (χ0n) is 16.3. The Bertz CT molecular complexity index is 776. The Morgan fingerprint density at radius 2 is 1.89 bits per heavy atom. The lowest BCUT2D eigenvalue weighted by Gasteiger charge is -2.22. The minimum atomic E-state index is -0.499. The number of rotatable bonds is 7. The van der Waals surface area contributed by atoms with Crippen LogP contribution in [0.3, 0.4) is 0 Å². The van der Waals surface area contributed by atoms with Crippen LogP contribution in [-0.2, 0) is 14.4 Å². The van der Waals surface area contributed by atoms with Crippen LogP contribution < -0.4 is 0 Å². The van der Waals surface area contributed by atoms with Gasteiger partial charge in [-0.05, 0) is 30.9 Å². The maximum atomic E-state index is 13.0. The van der Waals surface area contributed by atoms with Gasteiger partial charge in [0.05, 0.1) is 0 Å². The van der Waals surface area contributed by atoms with E-state index in [9.17, 15) is 9.59 Å². The van der Waals surface area contributed by atoms with Crippen LogP contribution in [-0.4, -0.2) is 22.7 Å². The maximum absolute atomic E-state index is 13.0. The number of carbonyl (C=O) groups is 2. The van der Waals surface area contributed by atoms with E-state index in [0.29, 0.717) is 28.9 Å². The van der Waals surface area contributed by atoms with Crippen LogP contribution in [0.15, 0.2) is 64.2 Å². The van der Waals surface area contributed by atoms with E-state index in [1.807, 2.05) is 30.4 Å². The molecule has 5 heteroatoms. The molecule has 0 saturated heterocycles. The molecule has 0 N–H and O–H groups in total. The van der Waals surface area contributed by atoms with Gasteiger partial charge in [-0.25, -0.2) is 4.79 Å². The number of oxime groups is 1. The van der Waals surface area contributed by atoms with Gasteiger partial charge in [-0.2, -0.15) is 0 Å². The summed E-state index contributed by atoms with van der Waals surface area (Å²) in [6.45, 7) is 1.30. The zero-order valence-corrected chi connectivity index (χ0v) is 17.1. The third-order valence-corrected chi connectivity index (χ3v) is 6.30. The molecule has 1 saturated carbocycles. The molecule has 2 aliphatic rings. The van der Waals surface area contributed by atoms with E-state index in [0.717, 1.165) is 19.3 Å². The Kier molecular flexibility index (Phi) is 7.66. The molecule has 1 fully saturated rings. The first-order chi connectivity index (χ1) is 13.6. The molecule has 28 heavy (non-hydrogen) atoms. The highest BCUT2D eigenvalue weighted by molar-refractivity contribution is 8.00. The highest BCUT2D eigenvalue weighted by Gasteiger charge is 2.24. The summed E-state index contributed by atoms with van der Waals surface area (Å²) in [7, 11) is 0. The number of carbonyl (C=O) groups excluding carboxylic acids is 2. The fraction of sp³-hybridized carbons (Fsp3) is 0.435. The first kappa shape index (κ1) is 20.6. The van der Waals surface area contributed by atoms with Gasteiger partial charge in [-0.1, -0.05) is 73.7 Å². The zero-order chi connectivity index (χ0) is 19.8. The molecule has 4 nitrogen and oxygen atoms in total. The van der Waals surface area contributed by atoms with Crippen LogP contribution in [0.5, 0.6) is 0 Å². The lowest BCUT2D eigenvalue weighted by molar-refractivity contribution is -0.141. The van der Waals surface area contributed by atoms with Crippen LogP contribution in [0.25, 0.3) is 0 Å². The minimum Gasteiger partial charge on any atom is -0.318 e. The molecule has 2 aliphatic carbocycles. The first-order valence-electron chi connectivity index (χ1n) is 10.0. The molecule has 0 radical (unpaired) electrons. The molecule has 1 unspecified atom stereocenters. The van der Waals surface area contributed by atoms with Crippen molar-refractivity contribution in [3.05, 3.63) is 54.1 Å². The molecule has 0 spiro atoms. The Labute approximate surface area is 171 Å². The first-order valence-corrected chi connectivity index (χ1v) is 10.9. The highest BCUT2D eigenvalue weighted by Crippen LogP contribution is 2.31. The summed E-state index contributed by atoms with van der Waals surface area (Å²) in [6, 6.07) is 10.3. The van der Waals surface area contributed by atoms with Gasteiger partial charge in [-0.3, -0.25) is 4.79 Å². The number of Topliss-reactive ketones (excluding diaryl/α,β-unsaturated/α-hetero) is 1. The van der Waals surface area contributed by atoms with Gasteiger partial charge in [-0.15, -0.1) is 11.8 Å². The maximum Gasteiger partial charge on any atom is 0.331 e. The van der Waals surface area contributed by atoms with Gasteiger partial charge in [0.1, 0.15) is 5.71 Å². The monoisotopic (exact) mass is 397 g/mol. The Hall–Kier alpha value is -2.14. The summed E-state index contributed by atoms with van der Waals surface area (Å²) in [5.74, 6) is -0.172. The van der Waals surface area contributed by atoms with Crippen molar-refractivity contribution < 1.29 is 14.4 Å². The molecule has 0 aromatic heterocycles. The van der Waals surface area contributed by atoms with E-state index < -0.39 is 5.97 Å².